The third-order valence-electron chi connectivity index (χ3n) is 7.14. The zero-order chi connectivity index (χ0) is 26.1. The molecule has 0 spiro atoms. The van der Waals surface area contributed by atoms with Crippen molar-refractivity contribution in [3.63, 3.8) is 0 Å². The van der Waals surface area contributed by atoms with Crippen LogP contribution in [-0.2, 0) is 16.1 Å². The van der Waals surface area contributed by atoms with Gasteiger partial charge in [-0.1, -0.05) is 62.4 Å². The van der Waals surface area contributed by atoms with Crippen LogP contribution in [0.25, 0.3) is 11.1 Å². The number of carbonyl (C=O) groups is 3. The van der Waals surface area contributed by atoms with Gasteiger partial charge in [-0.25, -0.2) is 0 Å². The largest absolute Gasteiger partial charge is 0.370 e. The molecule has 2 amide bonds. The molecular formula is C29H39LiN3O3S. The van der Waals surface area contributed by atoms with E-state index in [1.54, 1.807) is 0 Å². The minimum atomic E-state index is -0.886. The Kier molecular flexibility index (Phi) is 13.0. The first-order valence-corrected chi connectivity index (χ1v) is 13.4. The van der Waals surface area contributed by atoms with E-state index in [0.717, 1.165) is 41.3 Å². The third-order valence-corrected chi connectivity index (χ3v) is 7.45. The Hall–Kier alpha value is -2.04. The van der Waals surface area contributed by atoms with Crippen molar-refractivity contribution in [3.8, 4) is 11.1 Å². The maximum Gasteiger partial charge on any atom is 0.252 e. The Morgan fingerprint density at radius 3 is 2.43 bits per heavy atom. The standard InChI is InChI=1S/C29H39N3O3S.Li/c1-20-8-6-7-11-23(20)25-18-22(19-32(2)17-16-21-9-4-3-5-10-21)12-13-24(25)28(34)31-26(29(35)36)14-15-27(30)33;/h6-8,11-13,18,21,26H,3-5,9-10,14-17,19H2,1-2H3,(H2,30,33)(H,31,34)(H,35,36);/t26-;/m0./s1. The van der Waals surface area contributed by atoms with Gasteiger partial charge in [-0.3, -0.25) is 14.4 Å². The fourth-order valence-electron chi connectivity index (χ4n) is 5.04. The molecule has 0 aromatic heterocycles. The summed E-state index contributed by atoms with van der Waals surface area (Å²) in [5.41, 5.74) is 9.70. The second-order valence-corrected chi connectivity index (χ2v) is 10.5. The van der Waals surface area contributed by atoms with Gasteiger partial charge in [0.1, 0.15) is 0 Å². The van der Waals surface area contributed by atoms with Crippen LogP contribution in [0.2, 0.25) is 0 Å². The molecule has 0 unspecified atom stereocenters. The second kappa shape index (κ2) is 15.4. The molecule has 2 aromatic carbocycles. The molecule has 3 N–H and O–H groups in total. The molecule has 3 rings (SSSR count). The van der Waals surface area contributed by atoms with E-state index in [0.29, 0.717) is 5.56 Å². The quantitative estimate of drug-likeness (QED) is 0.286. The summed E-state index contributed by atoms with van der Waals surface area (Å²) in [6.45, 7) is 3.87. The van der Waals surface area contributed by atoms with Gasteiger partial charge in [0.15, 0.2) is 0 Å². The molecule has 0 aliphatic heterocycles. The number of amides is 2. The molecule has 1 aliphatic carbocycles. The molecule has 1 saturated carbocycles. The number of aryl methyl sites for hydroxylation is 1. The monoisotopic (exact) mass is 516 g/mol. The number of nitrogens with one attached hydrogen (secondary N) is 1. The maximum absolute atomic E-state index is 13.3. The van der Waals surface area contributed by atoms with Gasteiger partial charge in [0.2, 0.25) is 11.0 Å². The van der Waals surface area contributed by atoms with E-state index >= 15 is 0 Å². The van der Waals surface area contributed by atoms with E-state index in [4.69, 9.17) is 5.73 Å². The van der Waals surface area contributed by atoms with Crippen LogP contribution in [-0.4, -0.2) is 60.3 Å². The minimum absolute atomic E-state index is 0. The van der Waals surface area contributed by atoms with Gasteiger partial charge in [-0.2, -0.15) is 0 Å². The summed E-state index contributed by atoms with van der Waals surface area (Å²) in [5, 5.41) is 2.25. The van der Waals surface area contributed by atoms with Gasteiger partial charge in [0.05, 0.1) is 6.04 Å². The van der Waals surface area contributed by atoms with Gasteiger partial charge in [-0.15, -0.1) is 12.6 Å². The molecule has 6 nitrogen and oxygen atoms in total. The van der Waals surface area contributed by atoms with Crippen LogP contribution in [0.1, 0.15) is 72.9 Å². The average Bonchev–Trinajstić information content (AvgIpc) is 2.85. The van der Waals surface area contributed by atoms with Crippen LogP contribution >= 0.6 is 12.6 Å². The molecule has 0 saturated heterocycles. The number of hydrogen-bond donors (Lipinski definition) is 3. The van der Waals surface area contributed by atoms with Crippen LogP contribution in [0, 0.1) is 12.8 Å². The predicted molar refractivity (Wildman–Crippen MR) is 154 cm³/mol. The molecule has 1 radical (unpaired) electrons. The Morgan fingerprint density at radius 2 is 1.78 bits per heavy atom. The van der Waals surface area contributed by atoms with Crippen molar-refractivity contribution in [1.29, 1.82) is 0 Å². The fourth-order valence-corrected chi connectivity index (χ4v) is 5.23. The number of nitrogens with zero attached hydrogens (tertiary/aromatic N) is 1. The third kappa shape index (κ3) is 9.65. The van der Waals surface area contributed by atoms with Crippen molar-refractivity contribution in [2.24, 2.45) is 11.7 Å². The normalized spacial score (nSPS) is 14.6. The Morgan fingerprint density at radius 1 is 1.08 bits per heavy atom. The molecule has 0 heterocycles. The Bertz CT molecular complexity index is 1070. The van der Waals surface area contributed by atoms with Gasteiger partial charge >= 0.3 is 0 Å². The molecular weight excluding hydrogens is 477 g/mol. The fraction of sp³-hybridized carbons (Fsp3) is 0.483. The van der Waals surface area contributed by atoms with Crippen LogP contribution in [0.5, 0.6) is 0 Å². The zero-order valence-electron chi connectivity index (χ0n) is 22.5. The van der Waals surface area contributed by atoms with E-state index in [2.05, 4.69) is 36.0 Å². The van der Waals surface area contributed by atoms with Crippen LogP contribution in [0.4, 0.5) is 0 Å². The number of primary amides is 1. The number of benzene rings is 2. The zero-order valence-corrected chi connectivity index (χ0v) is 23.4. The summed E-state index contributed by atoms with van der Waals surface area (Å²) >= 11 is 3.90. The van der Waals surface area contributed by atoms with E-state index in [-0.39, 0.29) is 37.6 Å². The van der Waals surface area contributed by atoms with Gasteiger partial charge in [-0.05, 0) is 73.7 Å². The summed E-state index contributed by atoms with van der Waals surface area (Å²) in [7, 11) is 2.15. The molecule has 1 fully saturated rings. The number of nitrogens with two attached hydrogens (primary N) is 1. The first kappa shape index (κ1) is 31.2. The van der Waals surface area contributed by atoms with Crippen molar-refractivity contribution in [2.45, 2.75) is 70.9 Å². The molecule has 1 atom stereocenters. The van der Waals surface area contributed by atoms with Crippen molar-refractivity contribution in [3.05, 3.63) is 59.2 Å². The second-order valence-electron chi connectivity index (χ2n) is 10.1. The van der Waals surface area contributed by atoms with Gasteiger partial charge in [0.25, 0.3) is 5.91 Å². The summed E-state index contributed by atoms with van der Waals surface area (Å²) in [6, 6.07) is 13.0. The maximum atomic E-state index is 13.3. The summed E-state index contributed by atoms with van der Waals surface area (Å²) in [4.78, 5) is 38.8. The van der Waals surface area contributed by atoms with Crippen LogP contribution < -0.4 is 11.1 Å². The molecule has 1 aliphatic rings. The van der Waals surface area contributed by atoms with Crippen LogP contribution in [0.3, 0.4) is 0 Å². The number of carbonyl (C=O) groups excluding carboxylic acids is 3. The molecule has 2 aromatic rings. The molecule has 8 heteroatoms. The molecule has 37 heavy (non-hydrogen) atoms. The number of rotatable bonds is 12. The minimum Gasteiger partial charge on any atom is -0.370 e. The van der Waals surface area contributed by atoms with Crippen molar-refractivity contribution in [1.82, 2.24) is 10.2 Å². The van der Waals surface area contributed by atoms with E-state index in [9.17, 15) is 14.4 Å². The number of thiol groups is 1. The van der Waals surface area contributed by atoms with E-state index in [1.807, 2.05) is 43.3 Å². The van der Waals surface area contributed by atoms with Crippen molar-refractivity contribution in [2.75, 3.05) is 13.6 Å². The molecule has 195 valence electrons. The summed E-state index contributed by atoms with van der Waals surface area (Å²) in [5.74, 6) is -0.0597. The summed E-state index contributed by atoms with van der Waals surface area (Å²) in [6.07, 6.45) is 8.14. The Balaban J connectivity index is 0.00000481. The first-order valence-electron chi connectivity index (χ1n) is 12.9. The average molecular weight is 517 g/mol. The van der Waals surface area contributed by atoms with Crippen molar-refractivity contribution < 1.29 is 14.4 Å². The summed E-state index contributed by atoms with van der Waals surface area (Å²) < 4.78 is 0. The van der Waals surface area contributed by atoms with E-state index in [1.165, 1.54) is 38.5 Å². The SMILES string of the molecule is Cc1ccccc1-c1cc(CN(C)CCC2CCCCC2)ccc1C(=O)N[C@@H](CCC(N)=O)C(=O)S.[Li]. The van der Waals surface area contributed by atoms with Crippen molar-refractivity contribution >= 4 is 48.4 Å². The Labute approximate surface area is 238 Å². The first-order chi connectivity index (χ1) is 17.2. The van der Waals surface area contributed by atoms with Crippen LogP contribution in [0.15, 0.2) is 42.5 Å². The van der Waals surface area contributed by atoms with Gasteiger partial charge < -0.3 is 16.0 Å². The predicted octanol–water partition coefficient (Wildman–Crippen LogP) is 4.50. The smallest absolute Gasteiger partial charge is 0.252 e. The van der Waals surface area contributed by atoms with Gasteiger partial charge in [0, 0.05) is 37.4 Å². The van der Waals surface area contributed by atoms with E-state index < -0.39 is 17.1 Å². The topological polar surface area (TPSA) is 92.5 Å². The number of hydrogen-bond acceptors (Lipinski definition) is 4. The molecule has 0 bridgehead atoms.